The van der Waals surface area contributed by atoms with Crippen molar-refractivity contribution in [3.8, 4) is 0 Å². The molecule has 1 unspecified atom stereocenters. The van der Waals surface area contributed by atoms with Crippen molar-refractivity contribution in [3.05, 3.63) is 38.3 Å². The van der Waals surface area contributed by atoms with E-state index in [4.69, 9.17) is 4.74 Å². The number of carbonyl (C=O) groups excluding carboxylic acids is 1. The summed E-state index contributed by atoms with van der Waals surface area (Å²) in [5, 5.41) is 13.6. The number of benzene rings is 1. The summed E-state index contributed by atoms with van der Waals surface area (Å²) in [6.45, 7) is 3.04. The summed E-state index contributed by atoms with van der Waals surface area (Å²) in [4.78, 5) is 22.4. The van der Waals surface area contributed by atoms with Crippen LogP contribution in [0, 0.1) is 10.1 Å². The van der Waals surface area contributed by atoms with E-state index in [0.717, 1.165) is 12.8 Å². The topological polar surface area (TPSA) is 81.5 Å². The zero-order valence-corrected chi connectivity index (χ0v) is 12.6. The maximum absolute atomic E-state index is 12.1. The first kappa shape index (κ1) is 14.9. The summed E-state index contributed by atoms with van der Waals surface area (Å²) in [5.41, 5.74) is -0.218. The molecule has 1 saturated heterocycles. The van der Waals surface area contributed by atoms with Crippen LogP contribution < -0.4 is 5.32 Å². The average molecular weight is 343 g/mol. The van der Waals surface area contributed by atoms with Gasteiger partial charge in [-0.05, 0) is 41.8 Å². The SMILES string of the molecule is CC1(CNC(=O)c2cccc([N+](=O)[O-])c2Br)CCCO1. The number of hydrogen-bond donors (Lipinski definition) is 1. The molecule has 1 N–H and O–H groups in total. The van der Waals surface area contributed by atoms with Gasteiger partial charge in [-0.3, -0.25) is 14.9 Å². The highest BCUT2D eigenvalue weighted by Crippen LogP contribution is 2.28. The summed E-state index contributed by atoms with van der Waals surface area (Å²) in [6.07, 6.45) is 1.87. The summed E-state index contributed by atoms with van der Waals surface area (Å²) >= 11 is 3.12. The van der Waals surface area contributed by atoms with Crippen LogP contribution in [0.3, 0.4) is 0 Å². The maximum Gasteiger partial charge on any atom is 0.284 e. The zero-order chi connectivity index (χ0) is 14.8. The number of nitrogens with zero attached hydrogens (tertiary/aromatic N) is 1. The fraction of sp³-hybridized carbons (Fsp3) is 0.462. The van der Waals surface area contributed by atoms with Crippen LogP contribution in [-0.4, -0.2) is 29.6 Å². The Hall–Kier alpha value is -1.47. The Balaban J connectivity index is 2.09. The number of nitro groups is 1. The molecule has 0 aliphatic carbocycles. The number of carbonyl (C=O) groups is 1. The molecule has 20 heavy (non-hydrogen) atoms. The number of hydrogen-bond acceptors (Lipinski definition) is 4. The van der Waals surface area contributed by atoms with E-state index in [0.29, 0.717) is 13.2 Å². The molecule has 7 heteroatoms. The minimum Gasteiger partial charge on any atom is -0.373 e. The van der Waals surface area contributed by atoms with Gasteiger partial charge in [0.15, 0.2) is 0 Å². The van der Waals surface area contributed by atoms with E-state index in [2.05, 4.69) is 21.2 Å². The lowest BCUT2D eigenvalue weighted by molar-refractivity contribution is -0.385. The standard InChI is InChI=1S/C13H15BrN2O4/c1-13(6-3-7-20-13)8-15-12(17)9-4-2-5-10(11(9)14)16(18)19/h2,4-5H,3,6-8H2,1H3,(H,15,17). The second-order valence-corrected chi connectivity index (χ2v) is 5.77. The summed E-state index contributed by atoms with van der Waals surface area (Å²) in [7, 11) is 0. The molecule has 108 valence electrons. The number of nitrogens with one attached hydrogen (secondary N) is 1. The largest absolute Gasteiger partial charge is 0.373 e. The summed E-state index contributed by atoms with van der Waals surface area (Å²) in [5.74, 6) is -0.350. The van der Waals surface area contributed by atoms with E-state index in [1.165, 1.54) is 12.1 Å². The second-order valence-electron chi connectivity index (χ2n) is 4.98. The van der Waals surface area contributed by atoms with Gasteiger partial charge in [0.05, 0.1) is 16.1 Å². The molecule has 0 aromatic heterocycles. The van der Waals surface area contributed by atoms with Gasteiger partial charge in [-0.15, -0.1) is 0 Å². The fourth-order valence-corrected chi connectivity index (χ4v) is 2.76. The molecule has 0 radical (unpaired) electrons. The molecular weight excluding hydrogens is 328 g/mol. The average Bonchev–Trinajstić information content (AvgIpc) is 2.83. The van der Waals surface area contributed by atoms with Crippen molar-refractivity contribution in [3.63, 3.8) is 0 Å². The van der Waals surface area contributed by atoms with Crippen molar-refractivity contribution in [2.24, 2.45) is 0 Å². The van der Waals surface area contributed by atoms with Gasteiger partial charge in [0.25, 0.3) is 11.6 Å². The van der Waals surface area contributed by atoms with E-state index >= 15 is 0 Å². The summed E-state index contributed by atoms with van der Waals surface area (Å²) in [6, 6.07) is 4.39. The molecule has 0 saturated carbocycles. The van der Waals surface area contributed by atoms with Gasteiger partial charge in [0.2, 0.25) is 0 Å². The number of nitro benzene ring substituents is 1. The Labute approximate surface area is 124 Å². The first-order valence-corrected chi connectivity index (χ1v) is 7.07. The quantitative estimate of drug-likeness (QED) is 0.673. The van der Waals surface area contributed by atoms with Gasteiger partial charge >= 0.3 is 0 Å². The van der Waals surface area contributed by atoms with Crippen molar-refractivity contribution >= 4 is 27.5 Å². The van der Waals surface area contributed by atoms with Gasteiger partial charge in [-0.2, -0.15) is 0 Å². The fourth-order valence-electron chi connectivity index (χ4n) is 2.17. The highest BCUT2D eigenvalue weighted by Gasteiger charge is 2.30. The first-order chi connectivity index (χ1) is 9.43. The Morgan fingerprint density at radius 2 is 2.35 bits per heavy atom. The number of amides is 1. The van der Waals surface area contributed by atoms with Crippen molar-refractivity contribution in [1.82, 2.24) is 5.32 Å². The number of rotatable bonds is 4. The molecule has 1 aliphatic rings. The molecule has 1 heterocycles. The number of ether oxygens (including phenoxy) is 1. The van der Waals surface area contributed by atoms with Crippen LogP contribution in [0.5, 0.6) is 0 Å². The predicted octanol–water partition coefficient (Wildman–Crippen LogP) is 2.66. The van der Waals surface area contributed by atoms with E-state index in [-0.39, 0.29) is 27.2 Å². The van der Waals surface area contributed by atoms with Gasteiger partial charge in [-0.25, -0.2) is 0 Å². The predicted molar refractivity (Wildman–Crippen MR) is 76.7 cm³/mol. The smallest absolute Gasteiger partial charge is 0.284 e. The number of halogens is 1. The van der Waals surface area contributed by atoms with Crippen LogP contribution >= 0.6 is 15.9 Å². The third-order valence-corrected chi connectivity index (χ3v) is 4.18. The van der Waals surface area contributed by atoms with Crippen LogP contribution in [0.15, 0.2) is 22.7 Å². The van der Waals surface area contributed by atoms with Gasteiger partial charge in [0.1, 0.15) is 4.47 Å². The molecule has 1 aromatic carbocycles. The van der Waals surface area contributed by atoms with E-state index in [1.54, 1.807) is 6.07 Å². The highest BCUT2D eigenvalue weighted by atomic mass is 79.9. The molecular formula is C13H15BrN2O4. The molecule has 1 aliphatic heterocycles. The first-order valence-electron chi connectivity index (χ1n) is 6.28. The highest BCUT2D eigenvalue weighted by molar-refractivity contribution is 9.10. The van der Waals surface area contributed by atoms with Crippen LogP contribution in [0.25, 0.3) is 0 Å². The van der Waals surface area contributed by atoms with Gasteiger partial charge in [0, 0.05) is 19.2 Å². The Bertz CT molecular complexity index is 541. The summed E-state index contributed by atoms with van der Waals surface area (Å²) < 4.78 is 5.78. The normalized spacial score (nSPS) is 21.7. The monoisotopic (exact) mass is 342 g/mol. The minimum absolute atomic E-state index is 0.124. The molecule has 1 fully saturated rings. The van der Waals surface area contributed by atoms with E-state index in [1.807, 2.05) is 6.92 Å². The second kappa shape index (κ2) is 5.88. The molecule has 0 bridgehead atoms. The van der Waals surface area contributed by atoms with Gasteiger partial charge in [-0.1, -0.05) is 6.07 Å². The van der Waals surface area contributed by atoms with E-state index in [9.17, 15) is 14.9 Å². The lowest BCUT2D eigenvalue weighted by atomic mass is 10.0. The van der Waals surface area contributed by atoms with Crippen molar-refractivity contribution in [2.75, 3.05) is 13.2 Å². The Morgan fingerprint density at radius 1 is 1.60 bits per heavy atom. The van der Waals surface area contributed by atoms with Crippen molar-refractivity contribution in [2.45, 2.75) is 25.4 Å². The van der Waals surface area contributed by atoms with Crippen LogP contribution in [0.1, 0.15) is 30.1 Å². The minimum atomic E-state index is -0.526. The van der Waals surface area contributed by atoms with Crippen molar-refractivity contribution in [1.29, 1.82) is 0 Å². The van der Waals surface area contributed by atoms with Gasteiger partial charge < -0.3 is 10.1 Å². The molecule has 1 atom stereocenters. The Morgan fingerprint density at radius 3 is 2.95 bits per heavy atom. The molecule has 1 aromatic rings. The molecule has 2 rings (SSSR count). The molecule has 0 spiro atoms. The third kappa shape index (κ3) is 3.16. The molecule has 6 nitrogen and oxygen atoms in total. The lowest BCUT2D eigenvalue weighted by Crippen LogP contribution is -2.40. The van der Waals surface area contributed by atoms with Crippen molar-refractivity contribution < 1.29 is 14.5 Å². The zero-order valence-electron chi connectivity index (χ0n) is 11.0. The third-order valence-electron chi connectivity index (χ3n) is 3.34. The lowest BCUT2D eigenvalue weighted by Gasteiger charge is -2.23. The van der Waals surface area contributed by atoms with Crippen LogP contribution in [0.4, 0.5) is 5.69 Å². The molecule has 1 amide bonds. The van der Waals surface area contributed by atoms with E-state index < -0.39 is 4.92 Å². The maximum atomic E-state index is 12.1. The van der Waals surface area contributed by atoms with Crippen LogP contribution in [-0.2, 0) is 4.74 Å². The van der Waals surface area contributed by atoms with Crippen LogP contribution in [0.2, 0.25) is 0 Å². The Kier molecular flexibility index (Phi) is 4.39.